The topological polar surface area (TPSA) is 55.4 Å². The Morgan fingerprint density at radius 3 is 2.73 bits per heavy atom. The van der Waals surface area contributed by atoms with Gasteiger partial charge in [0.15, 0.2) is 9.84 Å². The van der Waals surface area contributed by atoms with Crippen LogP contribution < -0.4 is 5.32 Å². The molecule has 1 aliphatic carbocycles. The Hall–Kier alpha value is -0.130. The number of ether oxygens (including phenoxy) is 1. The normalized spacial score (nSPS) is 27.1. The molecule has 0 aromatic rings. The van der Waals surface area contributed by atoms with E-state index >= 15 is 0 Å². The lowest BCUT2D eigenvalue weighted by atomic mass is 10.2. The van der Waals surface area contributed by atoms with Crippen LogP contribution >= 0.6 is 0 Å². The van der Waals surface area contributed by atoms with Gasteiger partial charge in [0, 0.05) is 13.2 Å². The number of hydrogen-bond acceptors (Lipinski definition) is 4. The van der Waals surface area contributed by atoms with Gasteiger partial charge >= 0.3 is 0 Å². The molecule has 0 aromatic carbocycles. The molecule has 1 rings (SSSR count). The van der Waals surface area contributed by atoms with Gasteiger partial charge in [0.1, 0.15) is 0 Å². The molecule has 15 heavy (non-hydrogen) atoms. The molecule has 5 heteroatoms. The van der Waals surface area contributed by atoms with E-state index in [0.29, 0.717) is 12.6 Å². The van der Waals surface area contributed by atoms with E-state index in [1.54, 1.807) is 0 Å². The van der Waals surface area contributed by atoms with Crippen molar-refractivity contribution < 1.29 is 13.2 Å². The lowest BCUT2D eigenvalue weighted by molar-refractivity contribution is 0.217. The summed E-state index contributed by atoms with van der Waals surface area (Å²) in [6.45, 7) is 3.27. The quantitative estimate of drug-likeness (QED) is 0.731. The van der Waals surface area contributed by atoms with Gasteiger partial charge < -0.3 is 10.1 Å². The highest BCUT2D eigenvalue weighted by Crippen LogP contribution is 2.25. The first-order valence-corrected chi connectivity index (χ1v) is 7.25. The third kappa shape index (κ3) is 3.74. The van der Waals surface area contributed by atoms with E-state index in [2.05, 4.69) is 5.32 Å². The number of nitrogens with one attached hydrogen (secondary N) is 1. The highest BCUT2D eigenvalue weighted by atomic mass is 32.2. The molecule has 0 spiro atoms. The smallest absolute Gasteiger partial charge is 0.155 e. The first-order chi connectivity index (χ1) is 7.10. The van der Waals surface area contributed by atoms with E-state index < -0.39 is 9.84 Å². The Balaban J connectivity index is 2.45. The van der Waals surface area contributed by atoms with E-state index in [1.807, 2.05) is 6.92 Å². The summed E-state index contributed by atoms with van der Waals surface area (Å²) in [5, 5.41) is 3.15. The fourth-order valence-corrected chi connectivity index (χ4v) is 3.86. The lowest BCUT2D eigenvalue weighted by Crippen LogP contribution is -2.29. The zero-order chi connectivity index (χ0) is 11.3. The van der Waals surface area contributed by atoms with Crippen molar-refractivity contribution in [1.29, 1.82) is 0 Å². The highest BCUT2D eigenvalue weighted by molar-refractivity contribution is 7.92. The largest absolute Gasteiger partial charge is 0.384 e. The average molecular weight is 235 g/mol. The maximum Gasteiger partial charge on any atom is 0.155 e. The predicted molar refractivity (Wildman–Crippen MR) is 60.8 cm³/mol. The number of methoxy groups -OCH3 is 1. The van der Waals surface area contributed by atoms with Crippen LogP contribution in [0.5, 0.6) is 0 Å². The summed E-state index contributed by atoms with van der Waals surface area (Å²) in [6.07, 6.45) is 2.54. The molecule has 1 saturated carbocycles. The van der Waals surface area contributed by atoms with Crippen molar-refractivity contribution in [2.24, 2.45) is 0 Å². The minimum absolute atomic E-state index is 0.156. The van der Waals surface area contributed by atoms with Crippen LogP contribution in [0.25, 0.3) is 0 Å². The Morgan fingerprint density at radius 2 is 2.13 bits per heavy atom. The SMILES string of the molecule is CCNC1CCC(S(=O)(=O)CCOC)C1. The maximum absolute atomic E-state index is 11.8. The minimum Gasteiger partial charge on any atom is -0.384 e. The molecule has 2 atom stereocenters. The summed E-state index contributed by atoms with van der Waals surface area (Å²) in [4.78, 5) is 0. The van der Waals surface area contributed by atoms with Crippen LogP contribution in [0.15, 0.2) is 0 Å². The van der Waals surface area contributed by atoms with Crippen LogP contribution in [-0.2, 0) is 14.6 Å². The molecule has 0 aliphatic heterocycles. The molecule has 0 saturated heterocycles. The summed E-state index contributed by atoms with van der Waals surface area (Å²) in [6, 6.07) is 0.386. The van der Waals surface area contributed by atoms with E-state index in [9.17, 15) is 8.42 Å². The van der Waals surface area contributed by atoms with Crippen molar-refractivity contribution in [3.63, 3.8) is 0 Å². The van der Waals surface area contributed by atoms with Crippen LogP contribution in [-0.4, -0.2) is 45.7 Å². The Labute approximate surface area is 92.3 Å². The van der Waals surface area contributed by atoms with Crippen LogP contribution in [0.3, 0.4) is 0 Å². The molecule has 0 aromatic heterocycles. The van der Waals surface area contributed by atoms with Crippen molar-refractivity contribution in [2.75, 3.05) is 26.0 Å². The van der Waals surface area contributed by atoms with Gasteiger partial charge in [0.2, 0.25) is 0 Å². The van der Waals surface area contributed by atoms with E-state index in [1.165, 1.54) is 7.11 Å². The molecule has 0 radical (unpaired) electrons. The zero-order valence-electron chi connectivity index (χ0n) is 9.53. The minimum atomic E-state index is -2.94. The van der Waals surface area contributed by atoms with E-state index in [4.69, 9.17) is 4.74 Å². The Kier molecular flexibility index (Phi) is 5.02. The van der Waals surface area contributed by atoms with Gasteiger partial charge in [-0.25, -0.2) is 8.42 Å². The van der Waals surface area contributed by atoms with Crippen LogP contribution in [0.4, 0.5) is 0 Å². The first kappa shape index (κ1) is 12.9. The summed E-state index contributed by atoms with van der Waals surface area (Å²) in [5.74, 6) is 0.160. The van der Waals surface area contributed by atoms with Crippen LogP contribution in [0.1, 0.15) is 26.2 Å². The molecular weight excluding hydrogens is 214 g/mol. The summed E-state index contributed by atoms with van der Waals surface area (Å²) in [7, 11) is -1.41. The van der Waals surface area contributed by atoms with Crippen molar-refractivity contribution in [2.45, 2.75) is 37.5 Å². The monoisotopic (exact) mass is 235 g/mol. The van der Waals surface area contributed by atoms with Gasteiger partial charge in [0.05, 0.1) is 17.6 Å². The summed E-state index contributed by atoms with van der Waals surface area (Å²) < 4.78 is 28.5. The third-order valence-electron chi connectivity index (χ3n) is 2.96. The Morgan fingerprint density at radius 1 is 1.40 bits per heavy atom. The molecule has 0 amide bonds. The number of hydrogen-bond donors (Lipinski definition) is 1. The zero-order valence-corrected chi connectivity index (χ0v) is 10.3. The fraction of sp³-hybridized carbons (Fsp3) is 1.00. The van der Waals surface area contributed by atoms with Gasteiger partial charge in [-0.1, -0.05) is 6.92 Å². The van der Waals surface area contributed by atoms with Crippen LogP contribution in [0, 0.1) is 0 Å². The number of sulfone groups is 1. The van der Waals surface area contributed by atoms with Crippen molar-refractivity contribution in [3.05, 3.63) is 0 Å². The molecule has 4 nitrogen and oxygen atoms in total. The van der Waals surface area contributed by atoms with Gasteiger partial charge in [-0.15, -0.1) is 0 Å². The van der Waals surface area contributed by atoms with Gasteiger partial charge in [0.25, 0.3) is 0 Å². The molecule has 90 valence electrons. The van der Waals surface area contributed by atoms with Gasteiger partial charge in [-0.3, -0.25) is 0 Å². The first-order valence-electron chi connectivity index (χ1n) is 5.54. The Bertz CT molecular complexity index is 276. The van der Waals surface area contributed by atoms with Crippen molar-refractivity contribution in [1.82, 2.24) is 5.32 Å². The second-order valence-corrected chi connectivity index (χ2v) is 6.45. The summed E-state index contributed by atoms with van der Waals surface area (Å²) in [5.41, 5.74) is 0. The van der Waals surface area contributed by atoms with Crippen molar-refractivity contribution >= 4 is 9.84 Å². The molecular formula is C10H21NO3S. The summed E-state index contributed by atoms with van der Waals surface area (Å²) >= 11 is 0. The second-order valence-electron chi connectivity index (χ2n) is 4.05. The molecule has 0 bridgehead atoms. The molecule has 0 heterocycles. The predicted octanol–water partition coefficient (Wildman–Crippen LogP) is 0.578. The highest BCUT2D eigenvalue weighted by Gasteiger charge is 2.33. The standard InChI is InChI=1S/C10H21NO3S/c1-3-11-9-4-5-10(8-9)15(12,13)7-6-14-2/h9-11H,3-8H2,1-2H3. The van der Waals surface area contributed by atoms with E-state index in [0.717, 1.165) is 25.8 Å². The second kappa shape index (κ2) is 5.82. The molecule has 1 aliphatic rings. The van der Waals surface area contributed by atoms with Crippen LogP contribution in [0.2, 0.25) is 0 Å². The number of rotatable bonds is 6. The lowest BCUT2D eigenvalue weighted by Gasteiger charge is -2.12. The maximum atomic E-state index is 11.8. The van der Waals surface area contributed by atoms with Gasteiger partial charge in [-0.2, -0.15) is 0 Å². The van der Waals surface area contributed by atoms with Crippen molar-refractivity contribution in [3.8, 4) is 0 Å². The molecule has 2 unspecified atom stereocenters. The average Bonchev–Trinajstić information content (AvgIpc) is 2.65. The molecule has 1 N–H and O–H groups in total. The third-order valence-corrected chi connectivity index (χ3v) is 5.14. The van der Waals surface area contributed by atoms with E-state index in [-0.39, 0.29) is 11.0 Å². The van der Waals surface area contributed by atoms with Gasteiger partial charge in [-0.05, 0) is 25.8 Å². The molecule has 1 fully saturated rings. The fourth-order valence-electron chi connectivity index (χ4n) is 2.11.